The van der Waals surface area contributed by atoms with Crippen molar-refractivity contribution in [2.45, 2.75) is 25.8 Å². The van der Waals surface area contributed by atoms with E-state index in [2.05, 4.69) is 0 Å². The molecule has 1 N–H and O–H groups in total. The van der Waals surface area contributed by atoms with Gasteiger partial charge in [-0.3, -0.25) is 4.79 Å². The van der Waals surface area contributed by atoms with Gasteiger partial charge in [-0.15, -0.1) is 0 Å². The van der Waals surface area contributed by atoms with E-state index in [-0.39, 0.29) is 17.7 Å². The third-order valence-electron chi connectivity index (χ3n) is 3.68. The van der Waals surface area contributed by atoms with Crippen molar-refractivity contribution in [1.82, 2.24) is 4.90 Å². The smallest absolute Gasteiger partial charge is 0.257 e. The summed E-state index contributed by atoms with van der Waals surface area (Å²) in [6.45, 7) is 2.05. The lowest BCUT2D eigenvalue weighted by molar-refractivity contribution is 0.0723. The van der Waals surface area contributed by atoms with Crippen LogP contribution in [0.5, 0.6) is 11.5 Å². The molecule has 1 aromatic rings. The summed E-state index contributed by atoms with van der Waals surface area (Å²) >= 11 is 0. The number of nitrogens with zero attached hydrogens (tertiary/aromatic N) is 1. The van der Waals surface area contributed by atoms with E-state index in [1.54, 1.807) is 30.1 Å². The van der Waals surface area contributed by atoms with E-state index in [0.29, 0.717) is 17.2 Å². The molecule has 0 radical (unpaired) electrons. The number of methoxy groups -OCH3 is 1. The van der Waals surface area contributed by atoms with Gasteiger partial charge in [0.15, 0.2) is 11.5 Å². The van der Waals surface area contributed by atoms with Crippen LogP contribution in [0.25, 0.3) is 0 Å². The molecule has 0 aromatic heterocycles. The predicted molar refractivity (Wildman–Crippen MR) is 68.9 cm³/mol. The van der Waals surface area contributed by atoms with Crippen molar-refractivity contribution in [3.63, 3.8) is 0 Å². The molecule has 1 aromatic carbocycles. The highest BCUT2D eigenvalue weighted by molar-refractivity contribution is 5.97. The van der Waals surface area contributed by atoms with Gasteiger partial charge in [0.25, 0.3) is 5.91 Å². The van der Waals surface area contributed by atoms with Gasteiger partial charge in [-0.05, 0) is 37.8 Å². The minimum Gasteiger partial charge on any atom is -0.504 e. The number of rotatable bonds is 4. The molecule has 0 bridgehead atoms. The molecule has 0 heterocycles. The summed E-state index contributed by atoms with van der Waals surface area (Å²) in [6.07, 6.45) is 2.37. The summed E-state index contributed by atoms with van der Waals surface area (Å²) in [4.78, 5) is 14.0. The van der Waals surface area contributed by atoms with Gasteiger partial charge in [-0.25, -0.2) is 0 Å². The van der Waals surface area contributed by atoms with Gasteiger partial charge in [-0.1, -0.05) is 6.07 Å². The van der Waals surface area contributed by atoms with Gasteiger partial charge in [0.05, 0.1) is 12.7 Å². The van der Waals surface area contributed by atoms with Gasteiger partial charge in [0.2, 0.25) is 0 Å². The number of carbonyl (C=O) groups excluding carboxylic acids is 1. The molecule has 2 rings (SSSR count). The van der Waals surface area contributed by atoms with Crippen LogP contribution in [0, 0.1) is 5.92 Å². The fourth-order valence-corrected chi connectivity index (χ4v) is 2.13. The lowest BCUT2D eigenvalue weighted by atomic mass is 10.1. The molecule has 1 amide bonds. The first-order valence-corrected chi connectivity index (χ1v) is 6.19. The number of benzene rings is 1. The summed E-state index contributed by atoms with van der Waals surface area (Å²) in [5.74, 6) is 0.686. The zero-order valence-corrected chi connectivity index (χ0v) is 11.0. The van der Waals surface area contributed by atoms with E-state index >= 15 is 0 Å². The second-order valence-electron chi connectivity index (χ2n) is 4.85. The Hall–Kier alpha value is -1.71. The number of hydrogen-bond donors (Lipinski definition) is 1. The van der Waals surface area contributed by atoms with Crippen molar-refractivity contribution in [2.75, 3.05) is 14.2 Å². The number of carbonyl (C=O) groups is 1. The Balaban J connectivity index is 2.22. The van der Waals surface area contributed by atoms with Crippen molar-refractivity contribution in [1.29, 1.82) is 0 Å². The average Bonchev–Trinajstić information content (AvgIpc) is 3.21. The summed E-state index contributed by atoms with van der Waals surface area (Å²) in [6, 6.07) is 5.18. The van der Waals surface area contributed by atoms with Crippen molar-refractivity contribution in [3.8, 4) is 11.5 Å². The molecular formula is C14H19NO3. The first-order valence-electron chi connectivity index (χ1n) is 6.19. The van der Waals surface area contributed by atoms with E-state index in [9.17, 15) is 9.90 Å². The van der Waals surface area contributed by atoms with Gasteiger partial charge in [0.1, 0.15) is 0 Å². The third kappa shape index (κ3) is 2.28. The van der Waals surface area contributed by atoms with Gasteiger partial charge in [-0.2, -0.15) is 0 Å². The molecule has 98 valence electrons. The van der Waals surface area contributed by atoms with E-state index in [1.165, 1.54) is 20.0 Å². The number of para-hydroxylation sites is 1. The molecule has 18 heavy (non-hydrogen) atoms. The molecule has 1 aliphatic rings. The highest BCUT2D eigenvalue weighted by Gasteiger charge is 2.33. The Labute approximate surface area is 107 Å². The van der Waals surface area contributed by atoms with Crippen LogP contribution in [0.1, 0.15) is 30.1 Å². The maximum absolute atomic E-state index is 12.3. The number of phenols is 1. The third-order valence-corrected chi connectivity index (χ3v) is 3.68. The number of phenolic OH excluding ortho intramolecular Hbond substituents is 1. The number of hydrogen-bond acceptors (Lipinski definition) is 3. The Morgan fingerprint density at radius 2 is 2.17 bits per heavy atom. The minimum absolute atomic E-state index is 0.0835. The summed E-state index contributed by atoms with van der Waals surface area (Å²) < 4.78 is 5.02. The maximum atomic E-state index is 12.3. The fraction of sp³-hybridized carbons (Fsp3) is 0.500. The van der Waals surface area contributed by atoms with Crippen molar-refractivity contribution in [2.24, 2.45) is 5.92 Å². The van der Waals surface area contributed by atoms with E-state index in [1.807, 2.05) is 6.92 Å². The molecule has 1 saturated carbocycles. The molecule has 0 spiro atoms. The van der Waals surface area contributed by atoms with Crippen molar-refractivity contribution < 1.29 is 14.6 Å². The molecule has 0 aliphatic heterocycles. The summed E-state index contributed by atoms with van der Waals surface area (Å²) in [5.41, 5.74) is 0.296. The summed E-state index contributed by atoms with van der Waals surface area (Å²) in [7, 11) is 3.25. The topological polar surface area (TPSA) is 49.8 Å². The lowest BCUT2D eigenvalue weighted by Crippen LogP contribution is -2.36. The van der Waals surface area contributed by atoms with Gasteiger partial charge < -0.3 is 14.7 Å². The normalized spacial score (nSPS) is 16.2. The van der Waals surface area contributed by atoms with Crippen LogP contribution >= 0.6 is 0 Å². The first-order chi connectivity index (χ1) is 8.56. The fourth-order valence-electron chi connectivity index (χ4n) is 2.13. The lowest BCUT2D eigenvalue weighted by Gasteiger charge is -2.25. The number of aromatic hydroxyl groups is 1. The zero-order valence-electron chi connectivity index (χ0n) is 11.0. The molecule has 0 saturated heterocycles. The first kappa shape index (κ1) is 12.7. The average molecular weight is 249 g/mol. The zero-order chi connectivity index (χ0) is 13.3. The molecular weight excluding hydrogens is 230 g/mol. The van der Waals surface area contributed by atoms with E-state index < -0.39 is 0 Å². The minimum atomic E-state index is -0.161. The molecule has 1 fully saturated rings. The van der Waals surface area contributed by atoms with Crippen LogP contribution in [0.15, 0.2) is 18.2 Å². The van der Waals surface area contributed by atoms with Gasteiger partial charge in [0, 0.05) is 13.1 Å². The Kier molecular flexibility index (Phi) is 3.45. The molecule has 1 aliphatic carbocycles. The van der Waals surface area contributed by atoms with E-state index in [0.717, 1.165) is 0 Å². The maximum Gasteiger partial charge on any atom is 0.257 e. The Morgan fingerprint density at radius 1 is 1.50 bits per heavy atom. The van der Waals surface area contributed by atoms with Crippen LogP contribution in [0.4, 0.5) is 0 Å². The monoisotopic (exact) mass is 249 g/mol. The second-order valence-corrected chi connectivity index (χ2v) is 4.85. The summed E-state index contributed by atoms with van der Waals surface area (Å²) in [5, 5.41) is 9.97. The van der Waals surface area contributed by atoms with Crippen LogP contribution in [0.2, 0.25) is 0 Å². The van der Waals surface area contributed by atoms with Gasteiger partial charge >= 0.3 is 0 Å². The molecule has 4 nitrogen and oxygen atoms in total. The Bertz CT molecular complexity index is 454. The highest BCUT2D eigenvalue weighted by atomic mass is 16.5. The quantitative estimate of drug-likeness (QED) is 0.890. The van der Waals surface area contributed by atoms with E-state index in [4.69, 9.17) is 4.74 Å². The largest absolute Gasteiger partial charge is 0.504 e. The van der Waals surface area contributed by atoms with Crippen molar-refractivity contribution in [3.05, 3.63) is 23.8 Å². The Morgan fingerprint density at radius 3 is 2.72 bits per heavy atom. The van der Waals surface area contributed by atoms with Crippen molar-refractivity contribution >= 4 is 5.91 Å². The molecule has 1 atom stereocenters. The number of amides is 1. The highest BCUT2D eigenvalue weighted by Crippen LogP contribution is 2.36. The molecule has 1 unspecified atom stereocenters. The van der Waals surface area contributed by atoms with Crippen LogP contribution < -0.4 is 4.74 Å². The second kappa shape index (κ2) is 4.88. The predicted octanol–water partition coefficient (Wildman–Crippen LogP) is 2.27. The SMILES string of the molecule is COc1cccc(C(=O)N(C)C(C)C2CC2)c1O. The van der Waals surface area contributed by atoms with Crippen LogP contribution in [-0.4, -0.2) is 36.1 Å². The van der Waals surface area contributed by atoms with Crippen LogP contribution in [-0.2, 0) is 0 Å². The number of ether oxygens (including phenoxy) is 1. The van der Waals surface area contributed by atoms with Crippen LogP contribution in [0.3, 0.4) is 0 Å². The molecule has 4 heteroatoms. The standard InChI is InChI=1S/C14H19NO3/c1-9(10-7-8-10)15(2)14(17)11-5-4-6-12(18-3)13(11)16/h4-6,9-10,16H,7-8H2,1-3H3.